The Labute approximate surface area is 107 Å². The van der Waals surface area contributed by atoms with Crippen LogP contribution in [0, 0.1) is 5.92 Å². The van der Waals surface area contributed by atoms with E-state index in [0.29, 0.717) is 0 Å². The van der Waals surface area contributed by atoms with Gasteiger partial charge in [0.05, 0.1) is 6.54 Å². The van der Waals surface area contributed by atoms with Gasteiger partial charge in [-0.25, -0.2) is 0 Å². The highest BCUT2D eigenvalue weighted by atomic mass is 32.2. The predicted octanol–water partition coefficient (Wildman–Crippen LogP) is 3.54. The first-order chi connectivity index (χ1) is 8.35. The van der Waals surface area contributed by atoms with Gasteiger partial charge in [0, 0.05) is 10.9 Å². The zero-order valence-electron chi connectivity index (χ0n) is 10.1. The summed E-state index contributed by atoms with van der Waals surface area (Å²) in [4.78, 5) is 4.60. The molecule has 1 N–H and O–H groups in total. The predicted molar refractivity (Wildman–Crippen MR) is 75.8 cm³/mol. The number of thioether (sulfide) groups is 1. The molecule has 1 aliphatic carbocycles. The number of hydrogen-bond acceptors (Lipinski definition) is 3. The maximum absolute atomic E-state index is 4.60. The molecular weight excluding hydrogens is 228 g/mol. The van der Waals surface area contributed by atoms with Gasteiger partial charge in [-0.15, -0.1) is 0 Å². The van der Waals surface area contributed by atoms with Crippen LogP contribution in [0.1, 0.15) is 25.3 Å². The van der Waals surface area contributed by atoms with Crippen molar-refractivity contribution in [3.05, 3.63) is 29.8 Å². The van der Waals surface area contributed by atoms with E-state index in [-0.39, 0.29) is 0 Å². The van der Waals surface area contributed by atoms with E-state index in [0.717, 1.165) is 29.3 Å². The maximum Gasteiger partial charge on any atom is 0.161 e. The monoisotopic (exact) mass is 246 g/mol. The van der Waals surface area contributed by atoms with Gasteiger partial charge in [-0.1, -0.05) is 30.8 Å². The molecular formula is C14H18N2S. The van der Waals surface area contributed by atoms with Crippen molar-refractivity contribution in [3.8, 4) is 0 Å². The molecule has 1 heterocycles. The van der Waals surface area contributed by atoms with Crippen molar-refractivity contribution < 1.29 is 0 Å². The Hall–Kier alpha value is -0.960. The largest absolute Gasteiger partial charge is 0.335 e. The molecule has 0 bridgehead atoms. The third kappa shape index (κ3) is 2.65. The second-order valence-corrected chi connectivity index (χ2v) is 6.05. The van der Waals surface area contributed by atoms with Crippen molar-refractivity contribution in [2.24, 2.45) is 10.9 Å². The molecule has 0 radical (unpaired) electrons. The van der Waals surface area contributed by atoms with E-state index in [9.17, 15) is 0 Å². The molecule has 0 spiro atoms. The third-order valence-electron chi connectivity index (χ3n) is 3.41. The molecule has 1 aromatic carbocycles. The number of amidine groups is 1. The van der Waals surface area contributed by atoms with E-state index < -0.39 is 0 Å². The van der Waals surface area contributed by atoms with E-state index in [4.69, 9.17) is 0 Å². The van der Waals surface area contributed by atoms with Gasteiger partial charge in [0.2, 0.25) is 0 Å². The van der Waals surface area contributed by atoms with Gasteiger partial charge < -0.3 is 5.32 Å². The van der Waals surface area contributed by atoms with E-state index in [1.165, 1.54) is 24.1 Å². The number of aliphatic imine (C=N–C) groups is 1. The molecule has 3 heteroatoms. The lowest BCUT2D eigenvalue weighted by Gasteiger charge is -2.08. The summed E-state index contributed by atoms with van der Waals surface area (Å²) in [6.45, 7) is 3.19. The minimum Gasteiger partial charge on any atom is -0.335 e. The Balaban J connectivity index is 1.62. The summed E-state index contributed by atoms with van der Waals surface area (Å²) in [7, 11) is 0. The number of benzene rings is 1. The van der Waals surface area contributed by atoms with Crippen molar-refractivity contribution in [3.63, 3.8) is 0 Å². The summed E-state index contributed by atoms with van der Waals surface area (Å²) in [6, 6.07) is 8.61. The Morgan fingerprint density at radius 2 is 2.29 bits per heavy atom. The van der Waals surface area contributed by atoms with Gasteiger partial charge in [0.25, 0.3) is 0 Å². The van der Waals surface area contributed by atoms with Crippen LogP contribution in [0.15, 0.2) is 29.3 Å². The van der Waals surface area contributed by atoms with E-state index >= 15 is 0 Å². The second kappa shape index (κ2) is 4.73. The third-order valence-corrected chi connectivity index (χ3v) is 4.70. The van der Waals surface area contributed by atoms with Crippen molar-refractivity contribution in [1.29, 1.82) is 0 Å². The maximum atomic E-state index is 4.60. The fourth-order valence-corrected chi connectivity index (χ4v) is 3.39. The number of nitrogens with zero attached hydrogens (tertiary/aromatic N) is 1. The molecule has 0 saturated heterocycles. The minimum absolute atomic E-state index is 0.742. The molecule has 1 fully saturated rings. The Kier molecular flexibility index (Phi) is 3.10. The van der Waals surface area contributed by atoms with E-state index in [1.54, 1.807) is 0 Å². The van der Waals surface area contributed by atoms with Gasteiger partial charge in [0.1, 0.15) is 0 Å². The molecule has 0 amide bonds. The van der Waals surface area contributed by atoms with Crippen LogP contribution in [0.3, 0.4) is 0 Å². The molecule has 1 aromatic rings. The number of rotatable bonds is 3. The van der Waals surface area contributed by atoms with Crippen LogP contribution in [-0.2, 0) is 6.42 Å². The highest BCUT2D eigenvalue weighted by molar-refractivity contribution is 8.15. The van der Waals surface area contributed by atoms with Gasteiger partial charge in [-0.2, -0.15) is 0 Å². The first-order valence-electron chi connectivity index (χ1n) is 6.42. The summed E-state index contributed by atoms with van der Waals surface area (Å²) >= 11 is 1.93. The lowest BCUT2D eigenvalue weighted by Crippen LogP contribution is -2.09. The summed E-state index contributed by atoms with van der Waals surface area (Å²) in [5.74, 6) is 0.935. The fraction of sp³-hybridized carbons (Fsp3) is 0.500. The van der Waals surface area contributed by atoms with E-state index in [1.807, 2.05) is 11.8 Å². The Morgan fingerprint density at radius 3 is 3.06 bits per heavy atom. The fourth-order valence-electron chi connectivity index (χ4n) is 2.17. The number of anilines is 1. The SMILES string of the molecule is CCc1cccc(NC2=NCC(C3CC3)S2)c1. The molecule has 90 valence electrons. The van der Waals surface area contributed by atoms with Gasteiger partial charge in [-0.3, -0.25) is 4.99 Å². The lowest BCUT2D eigenvalue weighted by atomic mass is 10.1. The number of hydrogen-bond donors (Lipinski definition) is 1. The van der Waals surface area contributed by atoms with Crippen LogP contribution in [0.25, 0.3) is 0 Å². The minimum atomic E-state index is 0.742. The highest BCUT2D eigenvalue weighted by Crippen LogP contribution is 2.41. The summed E-state index contributed by atoms with van der Waals surface area (Å²) in [5, 5.41) is 5.29. The molecule has 1 saturated carbocycles. The topological polar surface area (TPSA) is 24.4 Å². The smallest absolute Gasteiger partial charge is 0.161 e. The summed E-state index contributed by atoms with van der Waals surface area (Å²) in [5.41, 5.74) is 2.55. The van der Waals surface area contributed by atoms with Crippen molar-refractivity contribution in [2.45, 2.75) is 31.4 Å². The Bertz CT molecular complexity index is 438. The zero-order valence-corrected chi connectivity index (χ0v) is 11.0. The van der Waals surface area contributed by atoms with E-state index in [2.05, 4.69) is 41.5 Å². The van der Waals surface area contributed by atoms with Crippen molar-refractivity contribution in [2.75, 3.05) is 11.9 Å². The van der Waals surface area contributed by atoms with Crippen LogP contribution >= 0.6 is 11.8 Å². The Morgan fingerprint density at radius 1 is 1.41 bits per heavy atom. The first-order valence-corrected chi connectivity index (χ1v) is 7.30. The van der Waals surface area contributed by atoms with Crippen molar-refractivity contribution in [1.82, 2.24) is 0 Å². The van der Waals surface area contributed by atoms with Crippen LogP contribution in [-0.4, -0.2) is 17.0 Å². The molecule has 2 aliphatic rings. The van der Waals surface area contributed by atoms with Gasteiger partial charge in [-0.05, 0) is 42.9 Å². The number of nitrogens with one attached hydrogen (secondary N) is 1. The zero-order chi connectivity index (χ0) is 11.7. The normalized spacial score (nSPS) is 23.6. The highest BCUT2D eigenvalue weighted by Gasteiger charge is 2.35. The van der Waals surface area contributed by atoms with Gasteiger partial charge >= 0.3 is 0 Å². The van der Waals surface area contributed by atoms with Gasteiger partial charge in [0.15, 0.2) is 5.17 Å². The summed E-state index contributed by atoms with van der Waals surface area (Å²) in [6.07, 6.45) is 3.90. The number of aryl methyl sites for hydroxylation is 1. The molecule has 1 unspecified atom stereocenters. The van der Waals surface area contributed by atoms with Crippen molar-refractivity contribution >= 4 is 22.6 Å². The average molecular weight is 246 g/mol. The van der Waals surface area contributed by atoms with Crippen LogP contribution < -0.4 is 5.32 Å². The molecule has 2 nitrogen and oxygen atoms in total. The van der Waals surface area contributed by atoms with Crippen LogP contribution in [0.5, 0.6) is 0 Å². The molecule has 1 aliphatic heterocycles. The average Bonchev–Trinajstić information content (AvgIpc) is 3.11. The molecule has 3 rings (SSSR count). The quantitative estimate of drug-likeness (QED) is 0.882. The molecule has 1 atom stereocenters. The lowest BCUT2D eigenvalue weighted by molar-refractivity contribution is 0.773. The first kappa shape index (κ1) is 11.1. The molecule has 0 aromatic heterocycles. The molecule has 17 heavy (non-hydrogen) atoms. The van der Waals surface area contributed by atoms with Crippen LogP contribution in [0.2, 0.25) is 0 Å². The summed E-state index contributed by atoms with van der Waals surface area (Å²) < 4.78 is 0. The standard InChI is InChI=1S/C14H18N2S/c1-2-10-4-3-5-12(8-10)16-14-15-9-13(17-14)11-6-7-11/h3-5,8,11,13H,2,6-7,9H2,1H3,(H,15,16). The second-order valence-electron chi connectivity index (χ2n) is 4.82. The van der Waals surface area contributed by atoms with Crippen LogP contribution in [0.4, 0.5) is 5.69 Å².